The standard InChI is InChI=1S/C15H17N3O3.ClH/c1-17(10-5-6-16-8-10)13(19)9-3-4-11-12(7-9)15(21)18(2)14(11)20;/h3-4,7,10,16H,5-6,8H2,1-2H3;1H. The number of halogens is 1. The van der Waals surface area contributed by atoms with Crippen LogP contribution in [0.3, 0.4) is 0 Å². The zero-order chi connectivity index (χ0) is 15.1. The molecule has 1 fully saturated rings. The number of carbonyl (C=O) groups excluding carboxylic acids is 3. The molecule has 22 heavy (non-hydrogen) atoms. The van der Waals surface area contributed by atoms with E-state index in [0.717, 1.165) is 24.4 Å². The summed E-state index contributed by atoms with van der Waals surface area (Å²) < 4.78 is 0. The van der Waals surface area contributed by atoms with Gasteiger partial charge >= 0.3 is 0 Å². The number of nitrogens with one attached hydrogen (secondary N) is 1. The van der Waals surface area contributed by atoms with Gasteiger partial charge in [0.1, 0.15) is 0 Å². The molecule has 0 saturated carbocycles. The van der Waals surface area contributed by atoms with Crippen molar-refractivity contribution in [1.82, 2.24) is 15.1 Å². The average molecular weight is 324 g/mol. The summed E-state index contributed by atoms with van der Waals surface area (Å²) in [6.45, 7) is 1.69. The Labute approximate surface area is 134 Å². The van der Waals surface area contributed by atoms with Crippen molar-refractivity contribution in [3.63, 3.8) is 0 Å². The van der Waals surface area contributed by atoms with Crippen molar-refractivity contribution in [2.75, 3.05) is 27.2 Å². The number of likely N-dealkylation sites (N-methyl/N-ethyl adjacent to an activating group) is 1. The third-order valence-corrected chi connectivity index (χ3v) is 4.24. The van der Waals surface area contributed by atoms with Crippen molar-refractivity contribution in [1.29, 1.82) is 0 Å². The Morgan fingerprint density at radius 2 is 1.95 bits per heavy atom. The summed E-state index contributed by atoms with van der Waals surface area (Å²) in [7, 11) is 3.22. The summed E-state index contributed by atoms with van der Waals surface area (Å²) in [5.41, 5.74) is 1.12. The second kappa shape index (κ2) is 6.06. The van der Waals surface area contributed by atoms with Crippen LogP contribution in [-0.4, -0.2) is 60.7 Å². The molecule has 0 spiro atoms. The van der Waals surface area contributed by atoms with Gasteiger partial charge in [-0.3, -0.25) is 19.3 Å². The molecule has 0 bridgehead atoms. The van der Waals surface area contributed by atoms with Crippen LogP contribution in [0, 0.1) is 0 Å². The Morgan fingerprint density at radius 3 is 2.59 bits per heavy atom. The van der Waals surface area contributed by atoms with Crippen LogP contribution in [-0.2, 0) is 0 Å². The number of benzene rings is 1. The van der Waals surface area contributed by atoms with Gasteiger partial charge in [0.05, 0.1) is 11.1 Å². The van der Waals surface area contributed by atoms with Crippen LogP contribution in [0.4, 0.5) is 0 Å². The topological polar surface area (TPSA) is 69.7 Å². The molecule has 2 aliphatic heterocycles. The molecule has 2 heterocycles. The molecule has 2 aliphatic rings. The Morgan fingerprint density at radius 1 is 1.27 bits per heavy atom. The second-order valence-electron chi connectivity index (χ2n) is 5.49. The van der Waals surface area contributed by atoms with E-state index in [1.165, 1.54) is 13.1 Å². The van der Waals surface area contributed by atoms with Gasteiger partial charge in [-0.15, -0.1) is 12.4 Å². The number of carbonyl (C=O) groups is 3. The minimum atomic E-state index is -0.352. The lowest BCUT2D eigenvalue weighted by molar-refractivity contribution is 0.0692. The van der Waals surface area contributed by atoms with Crippen LogP contribution in [0.15, 0.2) is 18.2 Å². The highest BCUT2D eigenvalue weighted by Crippen LogP contribution is 2.23. The molecule has 1 saturated heterocycles. The maximum absolute atomic E-state index is 12.5. The summed E-state index contributed by atoms with van der Waals surface area (Å²) in [5, 5.41) is 3.22. The normalized spacial score (nSPS) is 19.9. The van der Waals surface area contributed by atoms with Crippen molar-refractivity contribution < 1.29 is 14.4 Å². The van der Waals surface area contributed by atoms with Crippen LogP contribution in [0.25, 0.3) is 0 Å². The molecule has 3 rings (SSSR count). The van der Waals surface area contributed by atoms with E-state index in [1.807, 2.05) is 0 Å². The fourth-order valence-electron chi connectivity index (χ4n) is 2.83. The molecule has 1 aromatic carbocycles. The first-order valence-electron chi connectivity index (χ1n) is 6.95. The maximum Gasteiger partial charge on any atom is 0.261 e. The van der Waals surface area contributed by atoms with E-state index in [9.17, 15) is 14.4 Å². The molecule has 0 radical (unpaired) electrons. The van der Waals surface area contributed by atoms with Gasteiger partial charge in [-0.05, 0) is 31.2 Å². The highest BCUT2D eigenvalue weighted by atomic mass is 35.5. The highest BCUT2D eigenvalue weighted by Gasteiger charge is 2.34. The van der Waals surface area contributed by atoms with E-state index in [0.29, 0.717) is 16.7 Å². The van der Waals surface area contributed by atoms with E-state index in [4.69, 9.17) is 0 Å². The van der Waals surface area contributed by atoms with Crippen molar-refractivity contribution in [2.45, 2.75) is 12.5 Å². The lowest BCUT2D eigenvalue weighted by Gasteiger charge is -2.23. The predicted octanol–water partition coefficient (Wildman–Crippen LogP) is 0.768. The van der Waals surface area contributed by atoms with Crippen LogP contribution in [0.1, 0.15) is 37.5 Å². The second-order valence-corrected chi connectivity index (χ2v) is 5.49. The van der Waals surface area contributed by atoms with Crippen molar-refractivity contribution in [3.05, 3.63) is 34.9 Å². The highest BCUT2D eigenvalue weighted by molar-refractivity contribution is 6.21. The van der Waals surface area contributed by atoms with Gasteiger partial charge in [0.15, 0.2) is 0 Å². The molecular weight excluding hydrogens is 306 g/mol. The van der Waals surface area contributed by atoms with E-state index < -0.39 is 0 Å². The number of nitrogens with zero attached hydrogens (tertiary/aromatic N) is 2. The zero-order valence-electron chi connectivity index (χ0n) is 12.5. The lowest BCUT2D eigenvalue weighted by atomic mass is 10.0. The van der Waals surface area contributed by atoms with Gasteiger partial charge in [-0.25, -0.2) is 0 Å². The number of hydrogen-bond acceptors (Lipinski definition) is 4. The summed E-state index contributed by atoms with van der Waals surface area (Å²) >= 11 is 0. The van der Waals surface area contributed by atoms with Crippen LogP contribution < -0.4 is 5.32 Å². The first-order chi connectivity index (χ1) is 10.0. The van der Waals surface area contributed by atoms with Gasteiger partial charge < -0.3 is 10.2 Å². The van der Waals surface area contributed by atoms with E-state index in [1.54, 1.807) is 24.1 Å². The quantitative estimate of drug-likeness (QED) is 0.816. The largest absolute Gasteiger partial charge is 0.337 e. The Balaban J connectivity index is 0.00000176. The lowest BCUT2D eigenvalue weighted by Crippen LogP contribution is -2.38. The van der Waals surface area contributed by atoms with Gasteiger partial charge in [0.25, 0.3) is 17.7 Å². The van der Waals surface area contributed by atoms with Gasteiger partial charge in [-0.2, -0.15) is 0 Å². The molecule has 1 atom stereocenters. The molecule has 6 nitrogen and oxygen atoms in total. The van der Waals surface area contributed by atoms with Crippen molar-refractivity contribution in [2.24, 2.45) is 0 Å². The molecule has 118 valence electrons. The Kier molecular flexibility index (Phi) is 4.53. The van der Waals surface area contributed by atoms with Gasteiger partial charge in [0, 0.05) is 32.2 Å². The van der Waals surface area contributed by atoms with Crippen LogP contribution in [0.5, 0.6) is 0 Å². The third kappa shape index (κ3) is 2.48. The SMILES string of the molecule is CN1C(=O)c2ccc(C(=O)N(C)C3CCNC3)cc2C1=O.Cl. The maximum atomic E-state index is 12.5. The minimum absolute atomic E-state index is 0. The number of amides is 3. The molecule has 0 aliphatic carbocycles. The van der Waals surface area contributed by atoms with E-state index >= 15 is 0 Å². The van der Waals surface area contributed by atoms with Crippen molar-refractivity contribution in [3.8, 4) is 0 Å². The fraction of sp³-hybridized carbons (Fsp3) is 0.400. The molecule has 0 aromatic heterocycles. The average Bonchev–Trinajstić information content (AvgIpc) is 3.10. The molecule has 3 amide bonds. The third-order valence-electron chi connectivity index (χ3n) is 4.24. The Bertz CT molecular complexity index is 641. The molecular formula is C15H18ClN3O3. The van der Waals surface area contributed by atoms with Crippen LogP contribution in [0.2, 0.25) is 0 Å². The Hall–Kier alpha value is -1.92. The summed E-state index contributed by atoms with van der Waals surface area (Å²) in [5.74, 6) is -0.793. The summed E-state index contributed by atoms with van der Waals surface area (Å²) in [4.78, 5) is 39.1. The zero-order valence-corrected chi connectivity index (χ0v) is 13.3. The van der Waals surface area contributed by atoms with E-state index in [-0.39, 0.29) is 36.2 Å². The van der Waals surface area contributed by atoms with Gasteiger partial charge in [-0.1, -0.05) is 0 Å². The monoisotopic (exact) mass is 323 g/mol. The van der Waals surface area contributed by atoms with Crippen LogP contribution >= 0.6 is 12.4 Å². The van der Waals surface area contributed by atoms with Crippen molar-refractivity contribution >= 4 is 30.1 Å². The van der Waals surface area contributed by atoms with Gasteiger partial charge in [0.2, 0.25) is 0 Å². The smallest absolute Gasteiger partial charge is 0.261 e. The minimum Gasteiger partial charge on any atom is -0.337 e. The number of hydrogen-bond donors (Lipinski definition) is 1. The predicted molar refractivity (Wildman–Crippen MR) is 83.5 cm³/mol. The summed E-state index contributed by atoms with van der Waals surface area (Å²) in [6, 6.07) is 4.88. The first-order valence-corrected chi connectivity index (χ1v) is 6.95. The molecule has 7 heteroatoms. The summed E-state index contributed by atoms with van der Waals surface area (Å²) in [6.07, 6.45) is 0.924. The fourth-order valence-corrected chi connectivity index (χ4v) is 2.83. The molecule has 1 N–H and O–H groups in total. The van der Waals surface area contributed by atoms with E-state index in [2.05, 4.69) is 5.32 Å². The first kappa shape index (κ1) is 16.5. The number of fused-ring (bicyclic) bond motifs is 1. The number of imide groups is 1. The molecule has 1 aromatic rings. The number of rotatable bonds is 2. The molecule has 1 unspecified atom stereocenters.